The van der Waals surface area contributed by atoms with Crippen LogP contribution in [0.2, 0.25) is 5.02 Å². The van der Waals surface area contributed by atoms with Crippen molar-refractivity contribution in [1.82, 2.24) is 14.7 Å². The first kappa shape index (κ1) is 16.1. The maximum Gasteiger partial charge on any atom is 0.307 e. The number of aromatic nitrogens is 2. The number of piperidine rings is 1. The van der Waals surface area contributed by atoms with E-state index >= 15 is 0 Å². The van der Waals surface area contributed by atoms with Crippen LogP contribution in [0.15, 0.2) is 36.5 Å². The van der Waals surface area contributed by atoms with E-state index in [1.807, 2.05) is 12.1 Å². The lowest BCUT2D eigenvalue weighted by Gasteiger charge is -2.32. The fourth-order valence-corrected chi connectivity index (χ4v) is 3.95. The van der Waals surface area contributed by atoms with Crippen molar-refractivity contribution < 1.29 is 14.7 Å². The van der Waals surface area contributed by atoms with Gasteiger partial charge in [-0.1, -0.05) is 17.7 Å². The van der Waals surface area contributed by atoms with Gasteiger partial charge in [0.15, 0.2) is 5.69 Å². The standard InChI is InChI=1S/C18H18ClN3O3/c19-12-2-1-3-13(10-12)22-7-4-15(20-22)16(23)21-8-5-18(6-9-21)11-14(18)17(24)25/h1-4,7,10,14H,5-6,8-9,11H2,(H,24,25). The largest absolute Gasteiger partial charge is 0.481 e. The molecule has 4 rings (SSSR count). The predicted octanol–water partition coefficient (Wildman–Crippen LogP) is 2.85. The number of carboxylic acid groups (broad SMARTS) is 1. The molecule has 1 atom stereocenters. The molecular weight excluding hydrogens is 342 g/mol. The molecule has 2 aliphatic rings. The Balaban J connectivity index is 1.44. The molecule has 1 aliphatic heterocycles. The highest BCUT2D eigenvalue weighted by Crippen LogP contribution is 2.59. The van der Waals surface area contributed by atoms with Gasteiger partial charge in [-0.2, -0.15) is 5.10 Å². The van der Waals surface area contributed by atoms with Crippen molar-refractivity contribution in [3.8, 4) is 5.69 Å². The van der Waals surface area contributed by atoms with Crippen molar-refractivity contribution in [2.24, 2.45) is 11.3 Å². The minimum absolute atomic E-state index is 0.0806. The first-order valence-corrected chi connectivity index (χ1v) is 8.70. The number of likely N-dealkylation sites (tertiary alicyclic amines) is 1. The Kier molecular flexibility index (Phi) is 3.80. The molecule has 1 aromatic carbocycles. The van der Waals surface area contributed by atoms with Crippen molar-refractivity contribution >= 4 is 23.5 Å². The molecule has 0 bridgehead atoms. The van der Waals surface area contributed by atoms with Gasteiger partial charge in [-0.25, -0.2) is 4.68 Å². The summed E-state index contributed by atoms with van der Waals surface area (Å²) in [7, 11) is 0. The Morgan fingerprint density at radius 3 is 2.64 bits per heavy atom. The lowest BCUT2D eigenvalue weighted by molar-refractivity contribution is -0.139. The first-order valence-electron chi connectivity index (χ1n) is 8.32. The molecule has 1 saturated heterocycles. The van der Waals surface area contributed by atoms with E-state index < -0.39 is 5.97 Å². The van der Waals surface area contributed by atoms with Gasteiger partial charge >= 0.3 is 5.97 Å². The molecule has 7 heteroatoms. The van der Waals surface area contributed by atoms with E-state index in [2.05, 4.69) is 5.10 Å². The zero-order valence-electron chi connectivity index (χ0n) is 13.6. The van der Waals surface area contributed by atoms with E-state index in [1.165, 1.54) is 0 Å². The van der Waals surface area contributed by atoms with Gasteiger partial charge in [0, 0.05) is 24.3 Å². The van der Waals surface area contributed by atoms with Crippen molar-refractivity contribution in [2.75, 3.05) is 13.1 Å². The molecule has 2 aromatic rings. The summed E-state index contributed by atoms with van der Waals surface area (Å²) in [6.07, 6.45) is 3.99. The van der Waals surface area contributed by atoms with Crippen molar-refractivity contribution in [1.29, 1.82) is 0 Å². The summed E-state index contributed by atoms with van der Waals surface area (Å²) < 4.78 is 1.63. The number of nitrogens with zero attached hydrogens (tertiary/aromatic N) is 3. The average molecular weight is 360 g/mol. The molecule has 1 N–H and O–H groups in total. The molecule has 2 fully saturated rings. The number of hydrogen-bond donors (Lipinski definition) is 1. The van der Waals surface area contributed by atoms with Gasteiger partial charge < -0.3 is 10.0 Å². The summed E-state index contributed by atoms with van der Waals surface area (Å²) in [5, 5.41) is 14.1. The zero-order valence-corrected chi connectivity index (χ0v) is 14.3. The molecule has 1 saturated carbocycles. The van der Waals surface area contributed by atoms with Crippen molar-refractivity contribution in [3.63, 3.8) is 0 Å². The third kappa shape index (κ3) is 2.91. The Labute approximate surface area is 150 Å². The number of hydrogen-bond acceptors (Lipinski definition) is 3. The summed E-state index contributed by atoms with van der Waals surface area (Å²) in [6.45, 7) is 1.18. The number of rotatable bonds is 3. The normalized spacial score (nSPS) is 21.3. The Morgan fingerprint density at radius 1 is 1.24 bits per heavy atom. The van der Waals surface area contributed by atoms with Crippen molar-refractivity contribution in [2.45, 2.75) is 19.3 Å². The molecule has 1 aromatic heterocycles. The van der Waals surface area contributed by atoms with Crippen LogP contribution in [0.1, 0.15) is 29.8 Å². The van der Waals surface area contributed by atoms with Crippen LogP contribution in [-0.4, -0.2) is 44.8 Å². The summed E-state index contributed by atoms with van der Waals surface area (Å²) in [4.78, 5) is 25.6. The lowest BCUT2D eigenvalue weighted by atomic mass is 9.90. The monoisotopic (exact) mass is 359 g/mol. The Morgan fingerprint density at radius 2 is 2.00 bits per heavy atom. The van der Waals surface area contributed by atoms with Gasteiger partial charge in [-0.3, -0.25) is 9.59 Å². The molecular formula is C18H18ClN3O3. The summed E-state index contributed by atoms with van der Waals surface area (Å²) in [5.74, 6) is -1.05. The second-order valence-corrected chi connectivity index (χ2v) is 7.31. The topological polar surface area (TPSA) is 75.4 Å². The van der Waals surface area contributed by atoms with E-state index in [4.69, 9.17) is 16.7 Å². The van der Waals surface area contributed by atoms with Gasteiger partial charge in [0.25, 0.3) is 5.91 Å². The average Bonchev–Trinajstić information content (AvgIpc) is 3.08. The molecule has 2 heterocycles. The second-order valence-electron chi connectivity index (χ2n) is 6.87. The minimum atomic E-state index is -0.708. The highest BCUT2D eigenvalue weighted by molar-refractivity contribution is 6.30. The lowest BCUT2D eigenvalue weighted by Crippen LogP contribution is -2.40. The van der Waals surface area contributed by atoms with Gasteiger partial charge in [-0.05, 0) is 48.9 Å². The van der Waals surface area contributed by atoms with Crippen LogP contribution in [0.4, 0.5) is 0 Å². The number of carbonyl (C=O) groups is 2. The molecule has 130 valence electrons. The maximum atomic E-state index is 12.7. The highest BCUT2D eigenvalue weighted by Gasteiger charge is 2.59. The van der Waals surface area contributed by atoms with E-state index in [0.717, 1.165) is 24.9 Å². The fraction of sp³-hybridized carbons (Fsp3) is 0.389. The predicted molar refractivity (Wildman–Crippen MR) is 91.9 cm³/mol. The number of amides is 1. The zero-order chi connectivity index (χ0) is 17.6. The maximum absolute atomic E-state index is 12.7. The Bertz CT molecular complexity index is 840. The molecule has 0 radical (unpaired) electrons. The third-order valence-electron chi connectivity index (χ3n) is 5.42. The summed E-state index contributed by atoms with van der Waals surface area (Å²) in [6, 6.07) is 8.97. The minimum Gasteiger partial charge on any atom is -0.481 e. The molecule has 1 amide bonds. The molecule has 6 nitrogen and oxygen atoms in total. The number of carbonyl (C=O) groups excluding carboxylic acids is 1. The molecule has 25 heavy (non-hydrogen) atoms. The van der Waals surface area contributed by atoms with Gasteiger partial charge in [0.05, 0.1) is 11.6 Å². The van der Waals surface area contributed by atoms with Crippen LogP contribution in [0, 0.1) is 11.3 Å². The van der Waals surface area contributed by atoms with Crippen molar-refractivity contribution in [3.05, 3.63) is 47.2 Å². The van der Waals surface area contributed by atoms with E-state index in [1.54, 1.807) is 34.0 Å². The quantitative estimate of drug-likeness (QED) is 0.914. The van der Waals surface area contributed by atoms with Gasteiger partial charge in [-0.15, -0.1) is 0 Å². The van der Waals surface area contributed by atoms with Gasteiger partial charge in [0.1, 0.15) is 0 Å². The van der Waals surface area contributed by atoms with Crippen LogP contribution in [0.5, 0.6) is 0 Å². The molecule has 1 unspecified atom stereocenters. The van der Waals surface area contributed by atoms with Crippen LogP contribution in [0.25, 0.3) is 5.69 Å². The third-order valence-corrected chi connectivity index (χ3v) is 5.65. The van der Waals surface area contributed by atoms with Crippen LogP contribution < -0.4 is 0 Å². The number of carboxylic acids is 1. The Hall–Kier alpha value is -2.34. The van der Waals surface area contributed by atoms with E-state index in [0.29, 0.717) is 23.8 Å². The summed E-state index contributed by atoms with van der Waals surface area (Å²) in [5.41, 5.74) is 1.11. The first-order chi connectivity index (χ1) is 12.0. The van der Waals surface area contributed by atoms with Crippen LogP contribution in [0.3, 0.4) is 0 Å². The summed E-state index contributed by atoms with van der Waals surface area (Å²) >= 11 is 5.99. The van der Waals surface area contributed by atoms with E-state index in [-0.39, 0.29) is 17.2 Å². The van der Waals surface area contributed by atoms with E-state index in [9.17, 15) is 9.59 Å². The molecule has 1 aliphatic carbocycles. The van der Waals surface area contributed by atoms with Crippen LogP contribution >= 0.6 is 11.6 Å². The highest BCUT2D eigenvalue weighted by atomic mass is 35.5. The number of aliphatic carboxylic acids is 1. The fourth-order valence-electron chi connectivity index (χ4n) is 3.77. The second kappa shape index (κ2) is 5.88. The number of benzene rings is 1. The number of halogens is 1. The molecule has 1 spiro atoms. The van der Waals surface area contributed by atoms with Crippen LogP contribution in [-0.2, 0) is 4.79 Å². The SMILES string of the molecule is O=C(O)C1CC12CCN(C(=O)c1ccn(-c3cccc(Cl)c3)n1)CC2. The smallest absolute Gasteiger partial charge is 0.307 e. The van der Waals surface area contributed by atoms with Gasteiger partial charge in [0.2, 0.25) is 0 Å².